The number of fused-ring (bicyclic) bond motifs is 1. The van der Waals surface area contributed by atoms with E-state index in [1.807, 2.05) is 0 Å². The molecule has 0 amide bonds. The van der Waals surface area contributed by atoms with Crippen LogP contribution in [0.25, 0.3) is 0 Å². The molecular formula is C13H14ClF3O3. The molecule has 1 aliphatic rings. The minimum atomic E-state index is -4.39. The van der Waals surface area contributed by atoms with Crippen LogP contribution in [0, 0.1) is 0 Å². The molecule has 1 aromatic rings. The second-order valence-electron chi connectivity index (χ2n) is 4.64. The van der Waals surface area contributed by atoms with Crippen LogP contribution in [0.5, 0.6) is 5.75 Å². The van der Waals surface area contributed by atoms with Gasteiger partial charge in [0.2, 0.25) is 0 Å². The van der Waals surface area contributed by atoms with Gasteiger partial charge in [0, 0.05) is 17.9 Å². The maximum atomic E-state index is 11.9. The summed E-state index contributed by atoms with van der Waals surface area (Å²) in [5, 5.41) is 10.3. The van der Waals surface area contributed by atoms with E-state index in [9.17, 15) is 18.3 Å². The minimum Gasteiger partial charge on any atom is -0.493 e. The first kappa shape index (κ1) is 15.4. The molecule has 20 heavy (non-hydrogen) atoms. The number of aliphatic hydroxyl groups excluding tert-OH is 1. The Morgan fingerprint density at radius 3 is 2.85 bits per heavy atom. The Morgan fingerprint density at radius 1 is 1.40 bits per heavy atom. The predicted octanol–water partition coefficient (Wildman–Crippen LogP) is 2.76. The van der Waals surface area contributed by atoms with Gasteiger partial charge in [-0.15, -0.1) is 0 Å². The number of hydrogen-bond donors (Lipinski definition) is 1. The van der Waals surface area contributed by atoms with Gasteiger partial charge in [0.25, 0.3) is 0 Å². The number of halogens is 4. The van der Waals surface area contributed by atoms with Crippen molar-refractivity contribution in [3.05, 3.63) is 28.3 Å². The number of aliphatic hydroxyl groups is 1. The maximum absolute atomic E-state index is 11.9. The molecule has 0 bridgehead atoms. The Morgan fingerprint density at radius 2 is 2.15 bits per heavy atom. The first-order valence-electron chi connectivity index (χ1n) is 6.12. The molecule has 0 aromatic heterocycles. The monoisotopic (exact) mass is 310 g/mol. The van der Waals surface area contributed by atoms with Crippen LogP contribution in [-0.2, 0) is 17.6 Å². The highest BCUT2D eigenvalue weighted by Gasteiger charge is 2.28. The summed E-state index contributed by atoms with van der Waals surface area (Å²) in [5.41, 5.74) is 1.64. The number of hydrogen-bond acceptors (Lipinski definition) is 3. The third kappa shape index (κ3) is 4.26. The standard InChI is InChI=1S/C13H14ClF3O3/c14-10-3-8-1-2-20-12(8)9(4-10)5-11(18)6-19-7-13(15,16)17/h3-4,11,18H,1-2,5-7H2. The average molecular weight is 311 g/mol. The predicted molar refractivity (Wildman–Crippen MR) is 67.2 cm³/mol. The molecule has 0 fully saturated rings. The van der Waals surface area contributed by atoms with E-state index in [0.717, 1.165) is 12.0 Å². The molecule has 3 nitrogen and oxygen atoms in total. The third-order valence-electron chi connectivity index (χ3n) is 2.86. The van der Waals surface area contributed by atoms with Gasteiger partial charge in [0.05, 0.1) is 19.3 Å². The summed E-state index contributed by atoms with van der Waals surface area (Å²) in [6.07, 6.45) is -4.55. The Balaban J connectivity index is 1.93. The zero-order valence-electron chi connectivity index (χ0n) is 10.5. The van der Waals surface area contributed by atoms with E-state index in [0.29, 0.717) is 22.9 Å². The van der Waals surface area contributed by atoms with E-state index < -0.39 is 18.9 Å². The fraction of sp³-hybridized carbons (Fsp3) is 0.538. The highest BCUT2D eigenvalue weighted by Crippen LogP contribution is 2.33. The lowest BCUT2D eigenvalue weighted by Crippen LogP contribution is -2.24. The van der Waals surface area contributed by atoms with Crippen molar-refractivity contribution >= 4 is 11.6 Å². The number of rotatable bonds is 5. The van der Waals surface area contributed by atoms with Crippen LogP contribution in [0.2, 0.25) is 5.02 Å². The van der Waals surface area contributed by atoms with Gasteiger partial charge < -0.3 is 14.6 Å². The molecule has 0 spiro atoms. The summed E-state index contributed by atoms with van der Waals surface area (Å²) in [7, 11) is 0. The van der Waals surface area contributed by atoms with Crippen LogP contribution in [0.15, 0.2) is 12.1 Å². The molecule has 0 saturated carbocycles. The van der Waals surface area contributed by atoms with Gasteiger partial charge in [-0.3, -0.25) is 0 Å². The lowest BCUT2D eigenvalue weighted by atomic mass is 10.0. The first-order chi connectivity index (χ1) is 9.35. The van der Waals surface area contributed by atoms with E-state index in [1.165, 1.54) is 0 Å². The summed E-state index contributed by atoms with van der Waals surface area (Å²) in [6.45, 7) is -1.21. The van der Waals surface area contributed by atoms with E-state index in [2.05, 4.69) is 4.74 Å². The molecular weight excluding hydrogens is 297 g/mol. The van der Waals surface area contributed by atoms with Gasteiger partial charge in [-0.25, -0.2) is 0 Å². The molecule has 0 radical (unpaired) electrons. The average Bonchev–Trinajstić information content (AvgIpc) is 2.74. The fourth-order valence-electron chi connectivity index (χ4n) is 2.12. The molecule has 2 rings (SSSR count). The highest BCUT2D eigenvalue weighted by molar-refractivity contribution is 6.30. The molecule has 0 aliphatic carbocycles. The summed E-state index contributed by atoms with van der Waals surface area (Å²) >= 11 is 5.96. The molecule has 1 N–H and O–H groups in total. The van der Waals surface area contributed by atoms with Crippen molar-refractivity contribution in [3.63, 3.8) is 0 Å². The zero-order chi connectivity index (χ0) is 14.8. The third-order valence-corrected chi connectivity index (χ3v) is 3.08. The van der Waals surface area contributed by atoms with Crippen LogP contribution in [0.3, 0.4) is 0 Å². The van der Waals surface area contributed by atoms with Gasteiger partial charge in [-0.05, 0) is 23.3 Å². The van der Waals surface area contributed by atoms with E-state index in [-0.39, 0.29) is 13.0 Å². The molecule has 1 heterocycles. The maximum Gasteiger partial charge on any atom is 0.411 e. The summed E-state index contributed by atoms with van der Waals surface area (Å²) in [5.74, 6) is 0.671. The molecule has 1 atom stereocenters. The Kier molecular flexibility index (Phi) is 4.78. The van der Waals surface area contributed by atoms with Crippen molar-refractivity contribution in [2.75, 3.05) is 19.8 Å². The zero-order valence-corrected chi connectivity index (χ0v) is 11.3. The van der Waals surface area contributed by atoms with Crippen molar-refractivity contribution in [2.24, 2.45) is 0 Å². The van der Waals surface area contributed by atoms with Gasteiger partial charge in [0.1, 0.15) is 12.4 Å². The molecule has 1 aliphatic heterocycles. The van der Waals surface area contributed by atoms with Gasteiger partial charge in [0.15, 0.2) is 0 Å². The molecule has 1 unspecified atom stereocenters. The van der Waals surface area contributed by atoms with Crippen LogP contribution in [0.1, 0.15) is 11.1 Å². The van der Waals surface area contributed by atoms with Gasteiger partial charge >= 0.3 is 6.18 Å². The summed E-state index contributed by atoms with van der Waals surface area (Å²) in [6, 6.07) is 3.44. The van der Waals surface area contributed by atoms with Gasteiger partial charge in [-0.1, -0.05) is 11.6 Å². The number of ether oxygens (including phenoxy) is 2. The molecule has 0 saturated heterocycles. The van der Waals surface area contributed by atoms with Crippen LogP contribution in [0.4, 0.5) is 13.2 Å². The normalized spacial score (nSPS) is 15.8. The number of benzene rings is 1. The second kappa shape index (κ2) is 6.20. The van der Waals surface area contributed by atoms with Crippen molar-refractivity contribution in [3.8, 4) is 5.75 Å². The number of alkyl halides is 3. The van der Waals surface area contributed by atoms with Crippen LogP contribution >= 0.6 is 11.6 Å². The molecule has 112 valence electrons. The van der Waals surface area contributed by atoms with Crippen LogP contribution < -0.4 is 4.74 Å². The largest absolute Gasteiger partial charge is 0.493 e. The smallest absolute Gasteiger partial charge is 0.411 e. The van der Waals surface area contributed by atoms with Crippen LogP contribution in [-0.4, -0.2) is 37.2 Å². The lowest BCUT2D eigenvalue weighted by Gasteiger charge is -2.15. The topological polar surface area (TPSA) is 38.7 Å². The van der Waals surface area contributed by atoms with Crippen molar-refractivity contribution in [1.82, 2.24) is 0 Å². The summed E-state index contributed by atoms with van der Waals surface area (Å²) in [4.78, 5) is 0. The van der Waals surface area contributed by atoms with Gasteiger partial charge in [-0.2, -0.15) is 13.2 Å². The highest BCUT2D eigenvalue weighted by atomic mass is 35.5. The Labute approximate surface area is 119 Å². The van der Waals surface area contributed by atoms with E-state index in [4.69, 9.17) is 16.3 Å². The molecule has 1 aromatic carbocycles. The first-order valence-corrected chi connectivity index (χ1v) is 6.49. The quantitative estimate of drug-likeness (QED) is 0.909. The van der Waals surface area contributed by atoms with E-state index in [1.54, 1.807) is 12.1 Å². The Hall–Kier alpha value is -0.980. The van der Waals surface area contributed by atoms with Crippen molar-refractivity contribution in [1.29, 1.82) is 0 Å². The SMILES string of the molecule is OC(COCC(F)(F)F)Cc1cc(Cl)cc2c1OCC2. The van der Waals surface area contributed by atoms with E-state index >= 15 is 0 Å². The lowest BCUT2D eigenvalue weighted by molar-refractivity contribution is -0.179. The second-order valence-corrected chi connectivity index (χ2v) is 5.08. The van der Waals surface area contributed by atoms with Crippen molar-refractivity contribution in [2.45, 2.75) is 25.1 Å². The Bertz CT molecular complexity index is 477. The minimum absolute atomic E-state index is 0.140. The summed E-state index contributed by atoms with van der Waals surface area (Å²) < 4.78 is 45.7. The fourth-order valence-corrected chi connectivity index (χ4v) is 2.38. The molecule has 7 heteroatoms. The van der Waals surface area contributed by atoms with Crippen molar-refractivity contribution < 1.29 is 27.8 Å².